The molecule has 6 heteroatoms. The molecular formula is C22H28IN5. The van der Waals surface area contributed by atoms with Gasteiger partial charge in [-0.1, -0.05) is 36.4 Å². The van der Waals surface area contributed by atoms with E-state index in [2.05, 4.69) is 69.2 Å². The van der Waals surface area contributed by atoms with Gasteiger partial charge in [-0.05, 0) is 43.0 Å². The van der Waals surface area contributed by atoms with E-state index in [0.717, 1.165) is 37.7 Å². The fraction of sp³-hybridized carbons (Fsp3) is 0.364. The lowest BCUT2D eigenvalue weighted by Crippen LogP contribution is -2.39. The number of likely N-dealkylation sites (tertiary alicyclic amines) is 1. The predicted molar refractivity (Wildman–Crippen MR) is 126 cm³/mol. The molecule has 4 rings (SSSR count). The quantitative estimate of drug-likeness (QED) is 0.331. The number of hydrogen-bond donors (Lipinski definition) is 1. The van der Waals surface area contributed by atoms with Crippen LogP contribution in [-0.2, 0) is 13.1 Å². The Morgan fingerprint density at radius 3 is 2.50 bits per heavy atom. The number of nitrogens with one attached hydrogen (secondary N) is 1. The van der Waals surface area contributed by atoms with Crippen molar-refractivity contribution in [3.8, 4) is 0 Å². The van der Waals surface area contributed by atoms with Crippen molar-refractivity contribution in [1.82, 2.24) is 19.8 Å². The lowest BCUT2D eigenvalue weighted by Gasteiger charge is -2.20. The van der Waals surface area contributed by atoms with Crippen LogP contribution in [0, 0.1) is 0 Å². The number of aliphatic imine (C=N–C) groups is 1. The Balaban J connectivity index is 0.00000225. The molecular weight excluding hydrogens is 461 g/mol. The minimum Gasteiger partial charge on any atom is -0.357 e. The number of rotatable bonds is 5. The molecule has 5 nitrogen and oxygen atoms in total. The number of nitrogens with zero attached hydrogens (tertiary/aromatic N) is 4. The molecule has 0 bridgehead atoms. The maximum atomic E-state index is 4.83. The first-order chi connectivity index (χ1) is 13.3. The second kappa shape index (κ2) is 9.91. The largest absolute Gasteiger partial charge is 0.357 e. The van der Waals surface area contributed by atoms with E-state index >= 15 is 0 Å². The van der Waals surface area contributed by atoms with E-state index in [1.165, 1.54) is 29.5 Å². The van der Waals surface area contributed by atoms with Gasteiger partial charge >= 0.3 is 0 Å². The zero-order chi connectivity index (χ0) is 18.5. The summed E-state index contributed by atoms with van der Waals surface area (Å²) in [6, 6.07) is 17.0. The van der Waals surface area contributed by atoms with E-state index in [1.54, 1.807) is 0 Å². The molecule has 0 saturated carbocycles. The molecule has 1 saturated heterocycles. The van der Waals surface area contributed by atoms with Gasteiger partial charge in [-0.3, -0.25) is 0 Å². The van der Waals surface area contributed by atoms with Crippen LogP contribution in [0.3, 0.4) is 0 Å². The Morgan fingerprint density at radius 1 is 1.04 bits per heavy atom. The predicted octanol–water partition coefficient (Wildman–Crippen LogP) is 4.26. The van der Waals surface area contributed by atoms with Gasteiger partial charge in [0.1, 0.15) is 0 Å². The molecule has 1 aromatic heterocycles. The van der Waals surface area contributed by atoms with Crippen molar-refractivity contribution in [2.75, 3.05) is 19.6 Å². The van der Waals surface area contributed by atoms with Crippen LogP contribution in [0.25, 0.3) is 11.0 Å². The number of hydrogen-bond acceptors (Lipinski definition) is 2. The van der Waals surface area contributed by atoms with Gasteiger partial charge in [-0.25, -0.2) is 9.98 Å². The van der Waals surface area contributed by atoms with Crippen molar-refractivity contribution >= 4 is 41.0 Å². The number of imidazole rings is 1. The van der Waals surface area contributed by atoms with E-state index in [9.17, 15) is 0 Å². The first kappa shape index (κ1) is 20.6. The van der Waals surface area contributed by atoms with E-state index < -0.39 is 0 Å². The van der Waals surface area contributed by atoms with Crippen LogP contribution >= 0.6 is 24.0 Å². The minimum absolute atomic E-state index is 0. The second-order valence-corrected chi connectivity index (χ2v) is 7.04. The van der Waals surface area contributed by atoms with Gasteiger partial charge in [0.15, 0.2) is 5.96 Å². The molecule has 1 aliphatic rings. The highest BCUT2D eigenvalue weighted by molar-refractivity contribution is 14.0. The number of aromatic nitrogens is 2. The summed E-state index contributed by atoms with van der Waals surface area (Å²) in [6.07, 6.45) is 4.45. The average molecular weight is 489 g/mol. The van der Waals surface area contributed by atoms with Crippen molar-refractivity contribution in [3.63, 3.8) is 0 Å². The molecule has 148 valence electrons. The van der Waals surface area contributed by atoms with Crippen molar-refractivity contribution < 1.29 is 0 Å². The molecule has 1 aliphatic heterocycles. The van der Waals surface area contributed by atoms with Gasteiger partial charge in [-0.15, -0.1) is 24.0 Å². The molecule has 0 unspecified atom stereocenters. The lowest BCUT2D eigenvalue weighted by molar-refractivity contribution is 0.493. The Kier molecular flexibility index (Phi) is 7.30. The summed E-state index contributed by atoms with van der Waals surface area (Å²) in [7, 11) is 0. The minimum atomic E-state index is 0. The molecule has 3 aromatic rings. The third-order valence-electron chi connectivity index (χ3n) is 5.06. The number of benzene rings is 2. The van der Waals surface area contributed by atoms with E-state index in [0.29, 0.717) is 6.54 Å². The number of halogens is 1. The van der Waals surface area contributed by atoms with Crippen molar-refractivity contribution in [2.24, 2.45) is 4.99 Å². The van der Waals surface area contributed by atoms with Crippen LogP contribution in [0.1, 0.15) is 30.9 Å². The summed E-state index contributed by atoms with van der Waals surface area (Å²) < 4.78 is 2.19. The van der Waals surface area contributed by atoms with Crippen LogP contribution in [0.4, 0.5) is 0 Å². The third kappa shape index (κ3) is 4.84. The summed E-state index contributed by atoms with van der Waals surface area (Å²) >= 11 is 0. The summed E-state index contributed by atoms with van der Waals surface area (Å²) in [5, 5.41) is 3.42. The Morgan fingerprint density at radius 2 is 1.75 bits per heavy atom. The molecule has 0 atom stereocenters. The zero-order valence-electron chi connectivity index (χ0n) is 16.3. The Labute approximate surface area is 183 Å². The van der Waals surface area contributed by atoms with Crippen LogP contribution in [0.2, 0.25) is 0 Å². The fourth-order valence-electron chi connectivity index (χ4n) is 3.60. The van der Waals surface area contributed by atoms with E-state index in [1.807, 2.05) is 12.4 Å². The molecule has 1 fully saturated rings. The van der Waals surface area contributed by atoms with E-state index in [-0.39, 0.29) is 24.0 Å². The summed E-state index contributed by atoms with van der Waals surface area (Å²) in [6.45, 7) is 6.81. The highest BCUT2D eigenvalue weighted by Gasteiger charge is 2.15. The normalized spacial score (nSPS) is 14.3. The molecule has 28 heavy (non-hydrogen) atoms. The molecule has 0 amide bonds. The summed E-state index contributed by atoms with van der Waals surface area (Å²) in [5.41, 5.74) is 4.73. The number of para-hydroxylation sites is 2. The molecule has 1 N–H and O–H groups in total. The van der Waals surface area contributed by atoms with Gasteiger partial charge in [-0.2, -0.15) is 0 Å². The van der Waals surface area contributed by atoms with Crippen molar-refractivity contribution in [3.05, 3.63) is 66.0 Å². The monoisotopic (exact) mass is 489 g/mol. The smallest absolute Gasteiger partial charge is 0.194 e. The first-order valence-corrected chi connectivity index (χ1v) is 9.84. The first-order valence-electron chi connectivity index (χ1n) is 9.84. The molecule has 0 spiro atoms. The van der Waals surface area contributed by atoms with Crippen LogP contribution in [0.5, 0.6) is 0 Å². The highest BCUT2D eigenvalue weighted by Crippen LogP contribution is 2.15. The maximum absolute atomic E-state index is 4.83. The van der Waals surface area contributed by atoms with Gasteiger partial charge in [0.25, 0.3) is 0 Å². The molecule has 2 aromatic carbocycles. The molecule has 2 heterocycles. The number of guanidine groups is 1. The van der Waals surface area contributed by atoms with Gasteiger partial charge in [0.2, 0.25) is 0 Å². The summed E-state index contributed by atoms with van der Waals surface area (Å²) in [5.74, 6) is 1.05. The topological polar surface area (TPSA) is 45.5 Å². The van der Waals surface area contributed by atoms with Crippen LogP contribution in [-0.4, -0.2) is 40.0 Å². The second-order valence-electron chi connectivity index (χ2n) is 7.04. The Hall–Kier alpha value is -2.09. The lowest BCUT2D eigenvalue weighted by atomic mass is 10.1. The van der Waals surface area contributed by atoms with Gasteiger partial charge in [0.05, 0.1) is 23.9 Å². The molecule has 0 radical (unpaired) electrons. The number of fused-ring (bicyclic) bond motifs is 1. The summed E-state index contributed by atoms with van der Waals surface area (Å²) in [4.78, 5) is 11.7. The SMILES string of the molecule is CCNC(=NCc1ccc(Cn2cnc3ccccc32)cc1)N1CCCC1.I. The average Bonchev–Trinajstić information content (AvgIpc) is 3.37. The van der Waals surface area contributed by atoms with E-state index in [4.69, 9.17) is 4.99 Å². The van der Waals surface area contributed by atoms with Crippen molar-refractivity contribution in [1.29, 1.82) is 0 Å². The van der Waals surface area contributed by atoms with Gasteiger partial charge in [0, 0.05) is 26.2 Å². The fourth-order valence-corrected chi connectivity index (χ4v) is 3.60. The standard InChI is InChI=1S/C22H27N5.HI/c1-2-23-22(26-13-5-6-14-26)24-15-18-9-11-19(12-10-18)16-27-17-25-20-7-3-4-8-21(20)27;/h3-4,7-12,17H,2,5-6,13-16H2,1H3,(H,23,24);1H. The zero-order valence-corrected chi connectivity index (χ0v) is 18.7. The van der Waals surface area contributed by atoms with Crippen LogP contribution in [0.15, 0.2) is 59.9 Å². The van der Waals surface area contributed by atoms with Gasteiger partial charge < -0.3 is 14.8 Å². The third-order valence-corrected chi connectivity index (χ3v) is 5.06. The maximum Gasteiger partial charge on any atom is 0.194 e. The molecule has 0 aliphatic carbocycles. The highest BCUT2D eigenvalue weighted by atomic mass is 127. The van der Waals surface area contributed by atoms with Crippen molar-refractivity contribution in [2.45, 2.75) is 32.9 Å². The Bertz CT molecular complexity index is 910. The van der Waals surface area contributed by atoms with Crippen LogP contribution < -0.4 is 5.32 Å².